The van der Waals surface area contributed by atoms with Crippen LogP contribution in [0, 0.1) is 0 Å². The zero-order valence-corrected chi connectivity index (χ0v) is 14.6. The maximum atomic E-state index is 12.1. The van der Waals surface area contributed by atoms with E-state index < -0.39 is 5.69 Å². The van der Waals surface area contributed by atoms with Gasteiger partial charge in [-0.3, -0.25) is 9.78 Å². The number of ether oxygens (including phenoxy) is 2. The summed E-state index contributed by atoms with van der Waals surface area (Å²) < 4.78 is 11.1. The van der Waals surface area contributed by atoms with Crippen LogP contribution < -0.4 is 20.5 Å². The van der Waals surface area contributed by atoms with Gasteiger partial charge in [-0.15, -0.1) is 5.10 Å². The molecule has 0 radical (unpaired) electrons. The number of rotatable bonds is 7. The molecule has 1 amide bonds. The fourth-order valence-electron chi connectivity index (χ4n) is 2.11. The minimum Gasteiger partial charge on any atom is -0.494 e. The van der Waals surface area contributed by atoms with Crippen LogP contribution >= 0.6 is 11.8 Å². The van der Waals surface area contributed by atoms with Crippen LogP contribution in [-0.2, 0) is 4.79 Å². The number of nitrogens with zero attached hydrogens (tertiary/aromatic N) is 1. The molecule has 0 fully saturated rings. The van der Waals surface area contributed by atoms with Crippen LogP contribution in [0.3, 0.4) is 0 Å². The summed E-state index contributed by atoms with van der Waals surface area (Å²) in [5.74, 6) is 1.61. The summed E-state index contributed by atoms with van der Waals surface area (Å²) in [5, 5.41) is 9.08. The maximum absolute atomic E-state index is 12.1. The number of methoxy groups -OCH3 is 1. The molecule has 26 heavy (non-hydrogen) atoms. The van der Waals surface area contributed by atoms with E-state index in [1.165, 1.54) is 7.11 Å². The third kappa shape index (κ3) is 4.67. The second-order valence-corrected chi connectivity index (χ2v) is 6.06. The molecule has 9 heteroatoms. The van der Waals surface area contributed by atoms with Crippen molar-refractivity contribution < 1.29 is 14.3 Å². The van der Waals surface area contributed by atoms with Crippen molar-refractivity contribution >= 4 is 23.4 Å². The average Bonchev–Trinajstić information content (AvgIpc) is 3.07. The summed E-state index contributed by atoms with van der Waals surface area (Å²) in [6.07, 6.45) is 0. The number of thioether (sulfide) groups is 1. The summed E-state index contributed by atoms with van der Waals surface area (Å²) in [6.45, 7) is 0. The Balaban J connectivity index is 1.63. The van der Waals surface area contributed by atoms with E-state index in [2.05, 4.69) is 20.5 Å². The van der Waals surface area contributed by atoms with E-state index in [-0.39, 0.29) is 11.7 Å². The van der Waals surface area contributed by atoms with Crippen LogP contribution in [0.25, 0.3) is 0 Å². The van der Waals surface area contributed by atoms with Crippen LogP contribution in [-0.4, -0.2) is 34.0 Å². The smallest absolute Gasteiger partial charge is 0.341 e. The Hall–Kier alpha value is -3.20. The molecule has 1 heterocycles. The van der Waals surface area contributed by atoms with Crippen molar-refractivity contribution in [2.75, 3.05) is 18.2 Å². The molecule has 0 aliphatic heterocycles. The van der Waals surface area contributed by atoms with Gasteiger partial charge in [0.2, 0.25) is 5.91 Å². The molecule has 0 spiro atoms. The Bertz CT molecular complexity index is 939. The number of amides is 1. The van der Waals surface area contributed by atoms with Gasteiger partial charge in [-0.25, -0.2) is 9.89 Å². The first kappa shape index (κ1) is 17.6. The van der Waals surface area contributed by atoms with E-state index in [1.807, 2.05) is 30.3 Å². The maximum Gasteiger partial charge on any atom is 0.341 e. The Morgan fingerprint density at radius 2 is 2.00 bits per heavy atom. The zero-order valence-electron chi connectivity index (χ0n) is 13.8. The predicted octanol–water partition coefficient (Wildman–Crippen LogP) is 2.63. The molecule has 3 rings (SSSR count). The Morgan fingerprint density at radius 1 is 1.19 bits per heavy atom. The third-order valence-electron chi connectivity index (χ3n) is 3.25. The highest BCUT2D eigenvalue weighted by atomic mass is 32.2. The number of H-pyrrole nitrogens is 2. The molecule has 2 aromatic carbocycles. The van der Waals surface area contributed by atoms with Crippen molar-refractivity contribution in [2.24, 2.45) is 0 Å². The Morgan fingerprint density at radius 3 is 2.69 bits per heavy atom. The van der Waals surface area contributed by atoms with Crippen molar-refractivity contribution in [3.63, 3.8) is 0 Å². The van der Waals surface area contributed by atoms with Gasteiger partial charge in [0, 0.05) is 6.07 Å². The molecule has 0 saturated heterocycles. The summed E-state index contributed by atoms with van der Waals surface area (Å²) in [7, 11) is 1.51. The van der Waals surface area contributed by atoms with Crippen LogP contribution in [0.15, 0.2) is 58.5 Å². The highest BCUT2D eigenvalue weighted by Gasteiger charge is 2.11. The van der Waals surface area contributed by atoms with Crippen molar-refractivity contribution in [1.82, 2.24) is 15.2 Å². The normalized spacial score (nSPS) is 10.3. The van der Waals surface area contributed by atoms with E-state index >= 15 is 0 Å². The van der Waals surface area contributed by atoms with Gasteiger partial charge in [0.15, 0.2) is 5.16 Å². The topological polar surface area (TPSA) is 109 Å². The van der Waals surface area contributed by atoms with Crippen molar-refractivity contribution in [3.05, 3.63) is 59.0 Å². The van der Waals surface area contributed by atoms with E-state index in [0.717, 1.165) is 11.8 Å². The molecular formula is C17H16N4O4S. The van der Waals surface area contributed by atoms with E-state index in [9.17, 15) is 9.59 Å². The molecule has 0 aliphatic carbocycles. The monoisotopic (exact) mass is 372 g/mol. The van der Waals surface area contributed by atoms with Gasteiger partial charge < -0.3 is 14.8 Å². The SMILES string of the molecule is COc1cc(Oc2ccccc2)ccc1NC(=O)CSc1n[nH]c(=O)[nH]1. The lowest BCUT2D eigenvalue weighted by Crippen LogP contribution is -2.15. The molecule has 1 aromatic heterocycles. The standard InChI is InChI=1S/C17H16N4O4S/c1-24-14-9-12(25-11-5-3-2-4-6-11)7-8-13(14)18-15(22)10-26-17-19-16(23)20-21-17/h2-9H,10H2,1H3,(H,18,22)(H2,19,20,21,23). The van der Waals surface area contributed by atoms with E-state index in [4.69, 9.17) is 9.47 Å². The van der Waals surface area contributed by atoms with Gasteiger partial charge in [-0.05, 0) is 24.3 Å². The lowest BCUT2D eigenvalue weighted by atomic mass is 10.2. The molecule has 0 aliphatic rings. The molecule has 3 N–H and O–H groups in total. The fourth-order valence-corrected chi connectivity index (χ4v) is 2.72. The van der Waals surface area contributed by atoms with Crippen LogP contribution in [0.1, 0.15) is 0 Å². The van der Waals surface area contributed by atoms with Crippen molar-refractivity contribution in [3.8, 4) is 17.2 Å². The lowest BCUT2D eigenvalue weighted by Gasteiger charge is -2.12. The first-order valence-electron chi connectivity index (χ1n) is 7.62. The van der Waals surface area contributed by atoms with Gasteiger partial charge in [0.1, 0.15) is 17.2 Å². The molecule has 8 nitrogen and oxygen atoms in total. The summed E-state index contributed by atoms with van der Waals surface area (Å²) in [6, 6.07) is 14.5. The fraction of sp³-hybridized carbons (Fsp3) is 0.118. The first-order valence-corrected chi connectivity index (χ1v) is 8.61. The quantitative estimate of drug-likeness (QED) is 0.550. The zero-order chi connectivity index (χ0) is 18.4. The average molecular weight is 372 g/mol. The number of hydrogen-bond acceptors (Lipinski definition) is 6. The number of carbonyl (C=O) groups is 1. The minimum atomic E-state index is -0.413. The number of aromatic amines is 2. The number of nitrogens with one attached hydrogen (secondary N) is 3. The summed E-state index contributed by atoms with van der Waals surface area (Å²) in [5.41, 5.74) is 0.109. The predicted molar refractivity (Wildman–Crippen MR) is 98.1 cm³/mol. The molecule has 0 atom stereocenters. The second-order valence-electron chi connectivity index (χ2n) is 5.10. The van der Waals surface area contributed by atoms with Gasteiger partial charge in [0.25, 0.3) is 0 Å². The number of benzene rings is 2. The van der Waals surface area contributed by atoms with E-state index in [0.29, 0.717) is 28.1 Å². The molecule has 134 valence electrons. The second kappa shape index (κ2) is 8.26. The first-order chi connectivity index (χ1) is 12.6. The van der Waals surface area contributed by atoms with Gasteiger partial charge in [0.05, 0.1) is 18.6 Å². The number of aromatic nitrogens is 3. The van der Waals surface area contributed by atoms with Gasteiger partial charge >= 0.3 is 5.69 Å². The molecule has 3 aromatic rings. The summed E-state index contributed by atoms with van der Waals surface area (Å²) in [4.78, 5) is 25.5. The molecular weight excluding hydrogens is 356 g/mol. The number of carbonyl (C=O) groups excluding carboxylic acids is 1. The molecule has 0 saturated carbocycles. The molecule has 0 bridgehead atoms. The Kier molecular flexibility index (Phi) is 5.59. The van der Waals surface area contributed by atoms with Crippen LogP contribution in [0.5, 0.6) is 17.2 Å². The summed E-state index contributed by atoms with van der Waals surface area (Å²) >= 11 is 1.11. The van der Waals surface area contributed by atoms with Crippen LogP contribution in [0.4, 0.5) is 5.69 Å². The van der Waals surface area contributed by atoms with E-state index in [1.54, 1.807) is 18.2 Å². The van der Waals surface area contributed by atoms with Crippen molar-refractivity contribution in [1.29, 1.82) is 0 Å². The highest BCUT2D eigenvalue weighted by Crippen LogP contribution is 2.31. The lowest BCUT2D eigenvalue weighted by molar-refractivity contribution is -0.113. The van der Waals surface area contributed by atoms with Gasteiger partial charge in [-0.1, -0.05) is 30.0 Å². The number of anilines is 1. The highest BCUT2D eigenvalue weighted by molar-refractivity contribution is 7.99. The number of hydrogen-bond donors (Lipinski definition) is 3. The van der Waals surface area contributed by atoms with Gasteiger partial charge in [-0.2, -0.15) is 0 Å². The third-order valence-corrected chi connectivity index (χ3v) is 4.12. The Labute approximate surface area is 152 Å². The molecule has 0 unspecified atom stereocenters. The minimum absolute atomic E-state index is 0.0895. The van der Waals surface area contributed by atoms with Crippen LogP contribution in [0.2, 0.25) is 0 Å². The van der Waals surface area contributed by atoms with Crippen molar-refractivity contribution in [2.45, 2.75) is 5.16 Å². The number of para-hydroxylation sites is 1. The largest absolute Gasteiger partial charge is 0.494 e.